The molecule has 1 aliphatic rings. The lowest BCUT2D eigenvalue weighted by Crippen LogP contribution is -2.15. The Kier molecular flexibility index (Phi) is 6.91. The van der Waals surface area contributed by atoms with Gasteiger partial charge in [0, 0.05) is 22.5 Å². The highest BCUT2D eigenvalue weighted by Gasteiger charge is 2.35. The maximum absolute atomic E-state index is 2.41. The highest BCUT2D eigenvalue weighted by Crippen LogP contribution is 2.51. The Morgan fingerprint density at radius 1 is 0.346 bits per heavy atom. The summed E-state index contributed by atoms with van der Waals surface area (Å²) in [5, 5.41) is 7.71. The van der Waals surface area contributed by atoms with Gasteiger partial charge in [-0.25, -0.2) is 0 Å². The number of fused-ring (bicyclic) bond motifs is 8. The number of benzene rings is 9. The Hall–Kier alpha value is -6.44. The van der Waals surface area contributed by atoms with Crippen LogP contribution in [0.4, 0.5) is 17.1 Å². The van der Waals surface area contributed by atoms with Crippen molar-refractivity contribution in [2.75, 3.05) is 4.90 Å². The lowest BCUT2D eigenvalue weighted by molar-refractivity contribution is 0.660. The summed E-state index contributed by atoms with van der Waals surface area (Å²) in [6, 6.07) is 69.2. The van der Waals surface area contributed by atoms with Crippen LogP contribution in [0.1, 0.15) is 25.0 Å². The Labute approximate surface area is 305 Å². The molecule has 0 saturated heterocycles. The van der Waals surface area contributed by atoms with Crippen molar-refractivity contribution in [3.05, 3.63) is 199 Å². The summed E-state index contributed by atoms with van der Waals surface area (Å²) in [6.45, 7) is 4.69. The van der Waals surface area contributed by atoms with Gasteiger partial charge in [-0.2, -0.15) is 0 Å². The molecule has 0 atom stereocenters. The van der Waals surface area contributed by atoms with Crippen LogP contribution in [-0.4, -0.2) is 0 Å². The summed E-state index contributed by atoms with van der Waals surface area (Å²) in [5.74, 6) is 0. The van der Waals surface area contributed by atoms with Gasteiger partial charge in [0.15, 0.2) is 0 Å². The zero-order valence-electron chi connectivity index (χ0n) is 29.3. The third-order valence-corrected chi connectivity index (χ3v) is 11.2. The molecule has 0 saturated carbocycles. The van der Waals surface area contributed by atoms with E-state index in [1.807, 2.05) is 0 Å². The lowest BCUT2D eigenvalue weighted by Gasteiger charge is -2.28. The predicted molar refractivity (Wildman–Crippen MR) is 222 cm³/mol. The van der Waals surface area contributed by atoms with E-state index in [4.69, 9.17) is 0 Å². The van der Waals surface area contributed by atoms with Gasteiger partial charge in [-0.15, -0.1) is 0 Å². The second-order valence-corrected chi connectivity index (χ2v) is 14.6. The molecule has 0 radical (unpaired) electrons. The summed E-state index contributed by atoms with van der Waals surface area (Å²) in [5.41, 5.74) is 13.6. The second kappa shape index (κ2) is 11.8. The molecule has 0 spiro atoms. The molecule has 0 unspecified atom stereocenters. The fraction of sp³-hybridized carbons (Fsp3) is 0.0588. The molecular formula is C51H37N. The standard InChI is InChI=1S/C51H37N/c1-51(2)48-22-11-10-20-44(48)47-33-41(29-30-49(47)51)52(40-17-12-16-37(31-40)34-13-4-3-5-14-34)39-27-25-36(26-28-39)46-32-38-24-23-35-15-6-7-18-42(35)50(38)45-21-9-8-19-43(45)46/h3-33H,1-2H3. The molecule has 9 aromatic carbocycles. The average molecular weight is 664 g/mol. The van der Waals surface area contributed by atoms with Crippen molar-refractivity contribution in [3.8, 4) is 33.4 Å². The van der Waals surface area contributed by atoms with Gasteiger partial charge in [-0.1, -0.05) is 159 Å². The van der Waals surface area contributed by atoms with E-state index in [-0.39, 0.29) is 5.41 Å². The van der Waals surface area contributed by atoms with Crippen molar-refractivity contribution in [3.63, 3.8) is 0 Å². The van der Waals surface area contributed by atoms with Crippen molar-refractivity contribution >= 4 is 49.4 Å². The van der Waals surface area contributed by atoms with Gasteiger partial charge in [0.05, 0.1) is 0 Å². The summed E-state index contributed by atoms with van der Waals surface area (Å²) in [6.07, 6.45) is 0. The summed E-state index contributed by atoms with van der Waals surface area (Å²) < 4.78 is 0. The number of nitrogens with zero attached hydrogens (tertiary/aromatic N) is 1. The summed E-state index contributed by atoms with van der Waals surface area (Å²) in [7, 11) is 0. The SMILES string of the molecule is CC1(C)c2ccccc2-c2cc(N(c3ccc(-c4cc5ccc6ccccc6c5c5ccccc45)cc3)c3cccc(-c4ccccc4)c3)ccc21. The molecule has 1 nitrogen and oxygen atoms in total. The highest BCUT2D eigenvalue weighted by molar-refractivity contribution is 6.23. The van der Waals surface area contributed by atoms with Crippen LogP contribution in [0.15, 0.2) is 188 Å². The van der Waals surface area contributed by atoms with Crippen molar-refractivity contribution in [1.82, 2.24) is 0 Å². The first-order valence-corrected chi connectivity index (χ1v) is 18.2. The van der Waals surface area contributed by atoms with E-state index in [0.717, 1.165) is 17.1 Å². The number of anilines is 3. The van der Waals surface area contributed by atoms with Crippen LogP contribution in [0.5, 0.6) is 0 Å². The van der Waals surface area contributed by atoms with E-state index in [0.29, 0.717) is 0 Å². The third kappa shape index (κ3) is 4.77. The highest BCUT2D eigenvalue weighted by atomic mass is 15.1. The van der Waals surface area contributed by atoms with E-state index < -0.39 is 0 Å². The van der Waals surface area contributed by atoms with Crippen LogP contribution in [0.25, 0.3) is 65.7 Å². The van der Waals surface area contributed by atoms with Crippen LogP contribution < -0.4 is 4.90 Å². The van der Waals surface area contributed by atoms with E-state index in [1.165, 1.54) is 76.8 Å². The molecule has 0 aromatic heterocycles. The van der Waals surface area contributed by atoms with Gasteiger partial charge in [-0.05, 0) is 119 Å². The molecule has 0 aliphatic heterocycles. The maximum atomic E-state index is 2.41. The number of rotatable bonds is 5. The molecule has 52 heavy (non-hydrogen) atoms. The van der Waals surface area contributed by atoms with Crippen LogP contribution in [-0.2, 0) is 5.41 Å². The Morgan fingerprint density at radius 2 is 0.981 bits per heavy atom. The van der Waals surface area contributed by atoms with Crippen molar-refractivity contribution < 1.29 is 0 Å². The smallest absolute Gasteiger partial charge is 0.0468 e. The summed E-state index contributed by atoms with van der Waals surface area (Å²) in [4.78, 5) is 2.41. The molecule has 0 bridgehead atoms. The minimum Gasteiger partial charge on any atom is -0.310 e. The zero-order chi connectivity index (χ0) is 34.8. The van der Waals surface area contributed by atoms with Gasteiger partial charge in [0.2, 0.25) is 0 Å². The second-order valence-electron chi connectivity index (χ2n) is 14.6. The van der Waals surface area contributed by atoms with Gasteiger partial charge in [-0.3, -0.25) is 0 Å². The lowest BCUT2D eigenvalue weighted by atomic mass is 9.82. The maximum Gasteiger partial charge on any atom is 0.0468 e. The summed E-state index contributed by atoms with van der Waals surface area (Å²) >= 11 is 0. The topological polar surface area (TPSA) is 3.24 Å². The molecule has 246 valence electrons. The Balaban J connectivity index is 1.13. The van der Waals surface area contributed by atoms with Gasteiger partial charge in [0.1, 0.15) is 0 Å². The van der Waals surface area contributed by atoms with Gasteiger partial charge < -0.3 is 4.90 Å². The van der Waals surface area contributed by atoms with Gasteiger partial charge >= 0.3 is 0 Å². The first kappa shape index (κ1) is 30.4. The van der Waals surface area contributed by atoms with Crippen LogP contribution >= 0.6 is 0 Å². The minimum atomic E-state index is -0.0426. The first-order valence-electron chi connectivity index (χ1n) is 18.2. The third-order valence-electron chi connectivity index (χ3n) is 11.2. The zero-order valence-corrected chi connectivity index (χ0v) is 29.3. The molecule has 10 rings (SSSR count). The Bertz CT molecular complexity index is 2810. The van der Waals surface area contributed by atoms with Crippen LogP contribution in [0.3, 0.4) is 0 Å². The largest absolute Gasteiger partial charge is 0.310 e. The fourth-order valence-electron chi connectivity index (χ4n) is 8.66. The van der Waals surface area contributed by atoms with E-state index in [1.54, 1.807) is 0 Å². The first-order chi connectivity index (χ1) is 25.5. The molecule has 0 heterocycles. The molecule has 1 aliphatic carbocycles. The average Bonchev–Trinajstić information content (AvgIpc) is 3.43. The minimum absolute atomic E-state index is 0.0426. The molecule has 9 aromatic rings. The fourth-order valence-corrected chi connectivity index (χ4v) is 8.66. The van der Waals surface area contributed by atoms with Crippen LogP contribution in [0.2, 0.25) is 0 Å². The predicted octanol–water partition coefficient (Wildman–Crippen LogP) is 14.3. The van der Waals surface area contributed by atoms with Gasteiger partial charge in [0.25, 0.3) is 0 Å². The van der Waals surface area contributed by atoms with E-state index in [2.05, 4.69) is 207 Å². The van der Waals surface area contributed by atoms with Crippen molar-refractivity contribution in [2.24, 2.45) is 0 Å². The Morgan fingerprint density at radius 3 is 1.83 bits per heavy atom. The van der Waals surface area contributed by atoms with Crippen molar-refractivity contribution in [1.29, 1.82) is 0 Å². The normalized spacial score (nSPS) is 13.0. The molecule has 1 heteroatoms. The molecule has 0 N–H and O–H groups in total. The van der Waals surface area contributed by atoms with E-state index >= 15 is 0 Å². The quantitative estimate of drug-likeness (QED) is 0.166. The number of hydrogen-bond acceptors (Lipinski definition) is 1. The number of hydrogen-bond donors (Lipinski definition) is 0. The molecule has 0 amide bonds. The van der Waals surface area contributed by atoms with Crippen molar-refractivity contribution in [2.45, 2.75) is 19.3 Å². The molecule has 0 fully saturated rings. The van der Waals surface area contributed by atoms with E-state index in [9.17, 15) is 0 Å². The molecular weight excluding hydrogens is 627 g/mol. The monoisotopic (exact) mass is 663 g/mol. The van der Waals surface area contributed by atoms with Crippen LogP contribution in [0, 0.1) is 0 Å².